The zero-order valence-electron chi connectivity index (χ0n) is 17.0. The number of halogens is 3. The molecule has 7 heteroatoms. The van der Waals surface area contributed by atoms with Crippen molar-refractivity contribution in [3.05, 3.63) is 92.7 Å². The third kappa shape index (κ3) is 4.81. The average Bonchev–Trinajstić information content (AvgIpc) is 2.79. The molecule has 4 nitrogen and oxygen atoms in total. The minimum atomic E-state index is 0.0884. The molecular formula is C24H21Cl3N4. The summed E-state index contributed by atoms with van der Waals surface area (Å²) in [6.45, 7) is 4.60. The number of anilines is 1. The summed E-state index contributed by atoms with van der Waals surface area (Å²) in [6, 6.07) is 19.7. The van der Waals surface area contributed by atoms with Crippen LogP contribution >= 0.6 is 34.8 Å². The maximum Gasteiger partial charge on any atom is 0.101 e. The van der Waals surface area contributed by atoms with Gasteiger partial charge in [-0.1, -0.05) is 46.9 Å². The van der Waals surface area contributed by atoms with E-state index in [1.54, 1.807) is 12.3 Å². The van der Waals surface area contributed by atoms with Gasteiger partial charge < -0.3 is 4.90 Å². The number of benzene rings is 2. The van der Waals surface area contributed by atoms with Crippen LogP contribution in [0.2, 0.25) is 15.1 Å². The molecule has 0 unspecified atom stereocenters. The van der Waals surface area contributed by atoms with E-state index in [0.717, 1.165) is 31.0 Å². The summed E-state index contributed by atoms with van der Waals surface area (Å²) >= 11 is 18.8. The Morgan fingerprint density at radius 2 is 1.74 bits per heavy atom. The highest BCUT2D eigenvalue weighted by Crippen LogP contribution is 2.38. The Kier molecular flexibility index (Phi) is 6.69. The lowest BCUT2D eigenvalue weighted by atomic mass is 9.99. The number of rotatable bonds is 4. The second-order valence-electron chi connectivity index (χ2n) is 7.61. The van der Waals surface area contributed by atoms with Crippen molar-refractivity contribution >= 4 is 40.5 Å². The Labute approximate surface area is 197 Å². The smallest absolute Gasteiger partial charge is 0.101 e. The number of aromatic nitrogens is 1. The number of nitriles is 1. The van der Waals surface area contributed by atoms with E-state index in [1.807, 2.05) is 36.4 Å². The Hall–Kier alpha value is -2.29. The predicted octanol–water partition coefficient (Wildman–Crippen LogP) is 6.54. The van der Waals surface area contributed by atoms with Crippen LogP contribution in [-0.4, -0.2) is 29.5 Å². The van der Waals surface area contributed by atoms with Crippen molar-refractivity contribution in [2.24, 2.45) is 0 Å². The van der Waals surface area contributed by atoms with Gasteiger partial charge in [0.05, 0.1) is 28.0 Å². The standard InChI is InChI=1S/C24H21Cl3N4/c1-16(22-8-2-17(13-28)14-29-22)30-10-11-31(23-9-7-20(26)12-21(23)27)24(15-30)18-3-5-19(25)6-4-18/h2-9,12,14,16,24H,10-11,15H2,1H3/t16-,24+/m1/s1. The van der Waals surface area contributed by atoms with Crippen LogP contribution in [-0.2, 0) is 0 Å². The van der Waals surface area contributed by atoms with Crippen molar-refractivity contribution < 1.29 is 0 Å². The van der Waals surface area contributed by atoms with Gasteiger partial charge in [-0.05, 0) is 55.0 Å². The molecule has 0 spiro atoms. The van der Waals surface area contributed by atoms with Crippen LogP contribution in [0, 0.1) is 11.3 Å². The Morgan fingerprint density at radius 3 is 2.39 bits per heavy atom. The molecule has 1 saturated heterocycles. The lowest BCUT2D eigenvalue weighted by molar-refractivity contribution is 0.168. The third-order valence-corrected chi connectivity index (χ3v) is 6.57. The second kappa shape index (κ2) is 9.46. The van der Waals surface area contributed by atoms with Crippen molar-refractivity contribution in [3.8, 4) is 6.07 Å². The van der Waals surface area contributed by atoms with Gasteiger partial charge in [-0.3, -0.25) is 9.88 Å². The Bertz CT molecular complexity index is 1090. The van der Waals surface area contributed by atoms with Crippen LogP contribution in [0.3, 0.4) is 0 Å². The van der Waals surface area contributed by atoms with Gasteiger partial charge in [0, 0.05) is 41.9 Å². The summed E-state index contributed by atoms with van der Waals surface area (Å²) in [6.07, 6.45) is 1.63. The minimum Gasteiger partial charge on any atom is -0.361 e. The van der Waals surface area contributed by atoms with Gasteiger partial charge in [-0.25, -0.2) is 0 Å². The monoisotopic (exact) mass is 470 g/mol. The fraction of sp³-hybridized carbons (Fsp3) is 0.250. The number of hydrogen-bond acceptors (Lipinski definition) is 4. The van der Waals surface area contributed by atoms with E-state index in [2.05, 4.69) is 39.9 Å². The zero-order valence-corrected chi connectivity index (χ0v) is 19.2. The van der Waals surface area contributed by atoms with Gasteiger partial charge in [0.25, 0.3) is 0 Å². The van der Waals surface area contributed by atoms with Crippen LogP contribution in [0.5, 0.6) is 0 Å². The summed E-state index contributed by atoms with van der Waals surface area (Å²) in [4.78, 5) is 9.25. The van der Waals surface area contributed by atoms with E-state index in [-0.39, 0.29) is 12.1 Å². The summed E-state index contributed by atoms with van der Waals surface area (Å²) in [5.41, 5.74) is 3.65. The maximum absolute atomic E-state index is 9.04. The van der Waals surface area contributed by atoms with Crippen LogP contribution in [0.25, 0.3) is 0 Å². The van der Waals surface area contributed by atoms with Gasteiger partial charge in [0.2, 0.25) is 0 Å². The SMILES string of the molecule is C[C@H](c1ccc(C#N)cn1)N1CCN(c2ccc(Cl)cc2Cl)[C@H](c2ccc(Cl)cc2)C1. The molecule has 2 heterocycles. The summed E-state index contributed by atoms with van der Waals surface area (Å²) in [5.74, 6) is 0. The van der Waals surface area contributed by atoms with E-state index in [4.69, 9.17) is 40.1 Å². The van der Waals surface area contributed by atoms with Crippen molar-refractivity contribution in [2.45, 2.75) is 19.0 Å². The summed E-state index contributed by atoms with van der Waals surface area (Å²) in [5, 5.41) is 11.0. The van der Waals surface area contributed by atoms with Crippen LogP contribution < -0.4 is 4.90 Å². The normalized spacial score (nSPS) is 17.9. The molecule has 158 valence electrons. The Morgan fingerprint density at radius 1 is 1.00 bits per heavy atom. The van der Waals surface area contributed by atoms with E-state index >= 15 is 0 Å². The van der Waals surface area contributed by atoms with Crippen LogP contribution in [0.1, 0.15) is 35.8 Å². The molecule has 0 aliphatic carbocycles. The molecule has 1 aliphatic rings. The van der Waals surface area contributed by atoms with Crippen LogP contribution in [0.15, 0.2) is 60.8 Å². The van der Waals surface area contributed by atoms with Crippen molar-refractivity contribution in [1.29, 1.82) is 5.26 Å². The maximum atomic E-state index is 9.04. The Balaban J connectivity index is 1.65. The molecule has 1 aliphatic heterocycles. The molecule has 1 fully saturated rings. The fourth-order valence-electron chi connectivity index (χ4n) is 4.03. The van der Waals surface area contributed by atoms with Gasteiger partial charge >= 0.3 is 0 Å². The number of piperazine rings is 1. The molecule has 3 aromatic rings. The molecule has 0 bridgehead atoms. The third-order valence-electron chi connectivity index (χ3n) is 5.78. The first-order valence-corrected chi connectivity index (χ1v) is 11.2. The molecule has 0 saturated carbocycles. The van der Waals surface area contributed by atoms with E-state index in [1.165, 1.54) is 5.56 Å². The molecule has 2 atom stereocenters. The first-order chi connectivity index (χ1) is 15.0. The molecular weight excluding hydrogens is 451 g/mol. The molecule has 0 amide bonds. The van der Waals surface area contributed by atoms with E-state index in [0.29, 0.717) is 20.6 Å². The average molecular weight is 472 g/mol. The highest BCUT2D eigenvalue weighted by Gasteiger charge is 2.32. The van der Waals surface area contributed by atoms with E-state index < -0.39 is 0 Å². The molecule has 0 N–H and O–H groups in total. The lowest BCUT2D eigenvalue weighted by Crippen LogP contribution is -2.49. The predicted molar refractivity (Wildman–Crippen MR) is 127 cm³/mol. The highest BCUT2D eigenvalue weighted by atomic mass is 35.5. The van der Waals surface area contributed by atoms with Crippen molar-refractivity contribution in [3.63, 3.8) is 0 Å². The number of pyridine rings is 1. The number of hydrogen-bond donors (Lipinski definition) is 0. The van der Waals surface area contributed by atoms with Gasteiger partial charge in [0.1, 0.15) is 6.07 Å². The topological polar surface area (TPSA) is 43.2 Å². The molecule has 1 aromatic heterocycles. The summed E-state index contributed by atoms with van der Waals surface area (Å²) < 4.78 is 0. The molecule has 0 radical (unpaired) electrons. The van der Waals surface area contributed by atoms with Gasteiger partial charge in [0.15, 0.2) is 0 Å². The van der Waals surface area contributed by atoms with Crippen LogP contribution in [0.4, 0.5) is 5.69 Å². The molecule has 2 aromatic carbocycles. The zero-order chi connectivity index (χ0) is 22.0. The van der Waals surface area contributed by atoms with Gasteiger partial charge in [-0.2, -0.15) is 5.26 Å². The first kappa shape index (κ1) is 21.9. The largest absolute Gasteiger partial charge is 0.361 e. The second-order valence-corrected chi connectivity index (χ2v) is 8.89. The highest BCUT2D eigenvalue weighted by molar-refractivity contribution is 6.36. The molecule has 4 rings (SSSR count). The molecule has 31 heavy (non-hydrogen) atoms. The van der Waals surface area contributed by atoms with Gasteiger partial charge in [-0.15, -0.1) is 0 Å². The van der Waals surface area contributed by atoms with E-state index in [9.17, 15) is 0 Å². The minimum absolute atomic E-state index is 0.0884. The summed E-state index contributed by atoms with van der Waals surface area (Å²) in [7, 11) is 0. The quantitative estimate of drug-likeness (QED) is 0.433. The van der Waals surface area contributed by atoms with Crippen molar-refractivity contribution in [2.75, 3.05) is 24.5 Å². The van der Waals surface area contributed by atoms with Crippen molar-refractivity contribution in [1.82, 2.24) is 9.88 Å². The fourth-order valence-corrected chi connectivity index (χ4v) is 4.68. The first-order valence-electron chi connectivity index (χ1n) is 10.0. The number of nitrogens with zero attached hydrogens (tertiary/aromatic N) is 4. The lowest BCUT2D eigenvalue weighted by Gasteiger charge is -2.45.